The van der Waals surface area contributed by atoms with E-state index in [1.165, 1.54) is 36.0 Å². The third-order valence-electron chi connectivity index (χ3n) is 4.13. The first-order valence-corrected chi connectivity index (χ1v) is 7.61. The first-order valence-electron chi connectivity index (χ1n) is 7.61. The molecule has 2 rings (SSSR count). The van der Waals surface area contributed by atoms with Crippen LogP contribution in [0.5, 0.6) is 0 Å². The van der Waals surface area contributed by atoms with Crippen molar-refractivity contribution in [3.8, 4) is 0 Å². The summed E-state index contributed by atoms with van der Waals surface area (Å²) in [6.45, 7) is 9.60. The fourth-order valence-electron chi connectivity index (χ4n) is 3.15. The van der Waals surface area contributed by atoms with Crippen LogP contribution in [0.2, 0.25) is 0 Å². The Kier molecular flexibility index (Phi) is 5.41. The Morgan fingerprint density at radius 1 is 1.32 bits per heavy atom. The van der Waals surface area contributed by atoms with Crippen molar-refractivity contribution >= 4 is 0 Å². The highest BCUT2D eigenvalue weighted by atomic mass is 16.5. The zero-order chi connectivity index (χ0) is 13.7. The largest absolute Gasteiger partial charge is 0.381 e. The molecule has 1 fully saturated rings. The average Bonchev–Trinajstić information content (AvgIpc) is 2.43. The van der Waals surface area contributed by atoms with Crippen molar-refractivity contribution in [2.75, 3.05) is 19.8 Å². The molecule has 1 aliphatic rings. The summed E-state index contributed by atoms with van der Waals surface area (Å²) < 4.78 is 5.70. The van der Waals surface area contributed by atoms with Crippen LogP contribution in [0.15, 0.2) is 18.2 Å². The zero-order valence-electron chi connectivity index (χ0n) is 12.5. The Morgan fingerprint density at radius 2 is 2.05 bits per heavy atom. The van der Waals surface area contributed by atoms with E-state index in [0.29, 0.717) is 12.0 Å². The Hall–Kier alpha value is -0.860. The van der Waals surface area contributed by atoms with E-state index >= 15 is 0 Å². The molecule has 2 heteroatoms. The second kappa shape index (κ2) is 7.06. The van der Waals surface area contributed by atoms with Gasteiger partial charge in [0.25, 0.3) is 0 Å². The van der Waals surface area contributed by atoms with Crippen molar-refractivity contribution in [2.24, 2.45) is 5.92 Å². The maximum absolute atomic E-state index is 5.70. The Bertz CT molecular complexity index is 376. The molecule has 1 N–H and O–H groups in total. The van der Waals surface area contributed by atoms with Crippen LogP contribution in [0.4, 0.5) is 0 Å². The second-order valence-corrected chi connectivity index (χ2v) is 5.71. The summed E-state index contributed by atoms with van der Waals surface area (Å²) in [5.74, 6) is 0.611. The fourth-order valence-corrected chi connectivity index (χ4v) is 3.15. The van der Waals surface area contributed by atoms with Gasteiger partial charge in [-0.3, -0.25) is 0 Å². The van der Waals surface area contributed by atoms with Gasteiger partial charge in [-0.25, -0.2) is 0 Å². The number of ether oxygens (including phenoxy) is 1. The molecule has 0 bridgehead atoms. The van der Waals surface area contributed by atoms with Gasteiger partial charge in [0.15, 0.2) is 0 Å². The topological polar surface area (TPSA) is 21.3 Å². The average molecular weight is 261 g/mol. The highest BCUT2D eigenvalue weighted by molar-refractivity contribution is 5.36. The lowest BCUT2D eigenvalue weighted by molar-refractivity contribution is 0.0388. The van der Waals surface area contributed by atoms with E-state index in [-0.39, 0.29) is 0 Å². The number of nitrogens with one attached hydrogen (secondary N) is 1. The summed E-state index contributed by atoms with van der Waals surface area (Å²) in [5, 5.41) is 3.76. The molecule has 0 radical (unpaired) electrons. The van der Waals surface area contributed by atoms with Gasteiger partial charge >= 0.3 is 0 Å². The molecule has 1 saturated heterocycles. The van der Waals surface area contributed by atoms with Crippen LogP contribution >= 0.6 is 0 Å². The van der Waals surface area contributed by atoms with Crippen LogP contribution in [-0.2, 0) is 4.74 Å². The molecule has 1 heterocycles. The van der Waals surface area contributed by atoms with Gasteiger partial charge in [0.2, 0.25) is 0 Å². The van der Waals surface area contributed by atoms with Crippen molar-refractivity contribution in [2.45, 2.75) is 46.1 Å². The van der Waals surface area contributed by atoms with Crippen LogP contribution in [-0.4, -0.2) is 19.8 Å². The van der Waals surface area contributed by atoms with Crippen LogP contribution in [0.1, 0.15) is 48.9 Å². The minimum absolute atomic E-state index is 0.446. The van der Waals surface area contributed by atoms with Crippen LogP contribution in [0.3, 0.4) is 0 Å². The summed E-state index contributed by atoms with van der Waals surface area (Å²) >= 11 is 0. The molecule has 1 aromatic carbocycles. The molecular weight excluding hydrogens is 234 g/mol. The van der Waals surface area contributed by atoms with E-state index in [1.807, 2.05) is 0 Å². The summed E-state index contributed by atoms with van der Waals surface area (Å²) in [6, 6.07) is 7.06. The maximum Gasteiger partial charge on any atom is 0.0512 e. The highest BCUT2D eigenvalue weighted by Gasteiger charge is 2.27. The van der Waals surface area contributed by atoms with Crippen LogP contribution in [0, 0.1) is 19.8 Å². The molecule has 0 aromatic heterocycles. The molecule has 0 spiro atoms. The molecule has 2 nitrogen and oxygen atoms in total. The third kappa shape index (κ3) is 3.58. The van der Waals surface area contributed by atoms with E-state index in [2.05, 4.69) is 44.3 Å². The normalized spacial score (nSPS) is 21.3. The summed E-state index contributed by atoms with van der Waals surface area (Å²) in [5.41, 5.74) is 4.30. The van der Waals surface area contributed by atoms with Crippen LogP contribution < -0.4 is 5.32 Å². The predicted molar refractivity (Wildman–Crippen MR) is 80.5 cm³/mol. The molecule has 2 unspecified atom stereocenters. The summed E-state index contributed by atoms with van der Waals surface area (Å²) in [7, 11) is 0. The molecule has 106 valence electrons. The van der Waals surface area contributed by atoms with Gasteiger partial charge in [-0.2, -0.15) is 0 Å². The van der Waals surface area contributed by atoms with Gasteiger partial charge in [-0.05, 0) is 56.3 Å². The van der Waals surface area contributed by atoms with Gasteiger partial charge in [0, 0.05) is 18.6 Å². The summed E-state index contributed by atoms with van der Waals surface area (Å²) in [4.78, 5) is 0. The van der Waals surface area contributed by atoms with Crippen molar-refractivity contribution in [3.05, 3.63) is 34.9 Å². The molecule has 0 saturated carbocycles. The quantitative estimate of drug-likeness (QED) is 0.871. The number of benzene rings is 1. The standard InChI is InChI=1S/C17H27NO/c1-4-10-18-17(15-9-6-11-19-12-15)16-13(2)7-5-8-14(16)3/h5,7-8,15,17-18H,4,6,9-12H2,1-3H3. The van der Waals surface area contributed by atoms with E-state index < -0.39 is 0 Å². The SMILES string of the molecule is CCCNC(c1c(C)cccc1C)C1CCCOC1. The fraction of sp³-hybridized carbons (Fsp3) is 0.647. The molecule has 0 aliphatic carbocycles. The van der Waals surface area contributed by atoms with Gasteiger partial charge in [0.1, 0.15) is 0 Å². The van der Waals surface area contributed by atoms with Crippen molar-refractivity contribution < 1.29 is 4.74 Å². The van der Waals surface area contributed by atoms with E-state index in [1.54, 1.807) is 0 Å². The second-order valence-electron chi connectivity index (χ2n) is 5.71. The van der Waals surface area contributed by atoms with E-state index in [9.17, 15) is 0 Å². The van der Waals surface area contributed by atoms with Crippen molar-refractivity contribution in [3.63, 3.8) is 0 Å². The van der Waals surface area contributed by atoms with E-state index in [4.69, 9.17) is 4.74 Å². The lowest BCUT2D eigenvalue weighted by atomic mass is 9.84. The first kappa shape index (κ1) is 14.5. The minimum Gasteiger partial charge on any atom is -0.381 e. The van der Waals surface area contributed by atoms with Gasteiger partial charge < -0.3 is 10.1 Å². The van der Waals surface area contributed by atoms with Crippen LogP contribution in [0.25, 0.3) is 0 Å². The third-order valence-corrected chi connectivity index (χ3v) is 4.13. The van der Waals surface area contributed by atoms with Crippen molar-refractivity contribution in [1.29, 1.82) is 0 Å². The number of hydrogen-bond acceptors (Lipinski definition) is 2. The predicted octanol–water partition coefficient (Wildman–Crippen LogP) is 3.77. The molecule has 0 amide bonds. The molecule has 19 heavy (non-hydrogen) atoms. The lowest BCUT2D eigenvalue weighted by Gasteiger charge is -2.33. The lowest BCUT2D eigenvalue weighted by Crippen LogP contribution is -2.34. The van der Waals surface area contributed by atoms with Gasteiger partial charge in [-0.15, -0.1) is 0 Å². The number of rotatable bonds is 5. The molecule has 1 aliphatic heterocycles. The number of aryl methyl sites for hydroxylation is 2. The summed E-state index contributed by atoms with van der Waals surface area (Å²) in [6.07, 6.45) is 3.64. The smallest absolute Gasteiger partial charge is 0.0512 e. The van der Waals surface area contributed by atoms with E-state index in [0.717, 1.165) is 19.8 Å². The van der Waals surface area contributed by atoms with Gasteiger partial charge in [-0.1, -0.05) is 25.1 Å². The maximum atomic E-state index is 5.70. The van der Waals surface area contributed by atoms with Gasteiger partial charge in [0.05, 0.1) is 6.61 Å². The Labute approximate surface area is 117 Å². The highest BCUT2D eigenvalue weighted by Crippen LogP contribution is 2.32. The van der Waals surface area contributed by atoms with Crippen molar-refractivity contribution in [1.82, 2.24) is 5.32 Å². The zero-order valence-corrected chi connectivity index (χ0v) is 12.5. The molecular formula is C17H27NO. The number of hydrogen-bond donors (Lipinski definition) is 1. The Balaban J connectivity index is 2.25. The monoisotopic (exact) mass is 261 g/mol. The first-order chi connectivity index (χ1) is 9.24. The molecule has 2 atom stereocenters. The minimum atomic E-state index is 0.446. The Morgan fingerprint density at radius 3 is 2.63 bits per heavy atom. The molecule has 1 aromatic rings.